The number of hydrogen-bond acceptors (Lipinski definition) is 4. The van der Waals surface area contributed by atoms with Crippen molar-refractivity contribution in [1.82, 2.24) is 9.47 Å². The number of aryl methyl sites for hydroxylation is 1. The Morgan fingerprint density at radius 1 is 1.03 bits per heavy atom. The Morgan fingerprint density at radius 2 is 1.81 bits per heavy atom. The molecule has 2 bridgehead atoms. The van der Waals surface area contributed by atoms with Gasteiger partial charge in [-0.05, 0) is 69.8 Å². The molecule has 172 valence electrons. The van der Waals surface area contributed by atoms with Crippen LogP contribution in [0, 0.1) is 11.8 Å². The number of piperidine rings is 1. The van der Waals surface area contributed by atoms with E-state index in [1.54, 1.807) is 7.11 Å². The van der Waals surface area contributed by atoms with Crippen molar-refractivity contribution in [1.29, 1.82) is 0 Å². The fourth-order valence-corrected chi connectivity index (χ4v) is 6.13. The molecule has 0 amide bonds. The minimum Gasteiger partial charge on any atom is -0.495 e. The molecule has 1 aromatic carbocycles. The molecular weight excluding hydrogens is 400 g/mol. The van der Waals surface area contributed by atoms with Crippen molar-refractivity contribution < 1.29 is 14.3 Å². The SMILES string of the molecule is COc1cccc2c(C(=O)C3CC3)cn(CCCN3C4CCC3CC(OCC3CC3)C4)c12. The van der Waals surface area contributed by atoms with Gasteiger partial charge in [-0.15, -0.1) is 0 Å². The molecule has 6 rings (SSSR count). The van der Waals surface area contributed by atoms with Crippen molar-refractivity contribution in [2.75, 3.05) is 20.3 Å². The third-order valence-electron chi connectivity index (χ3n) is 8.22. The summed E-state index contributed by atoms with van der Waals surface area (Å²) in [6.45, 7) is 3.05. The molecule has 4 fully saturated rings. The first-order chi connectivity index (χ1) is 15.7. The first-order valence-corrected chi connectivity index (χ1v) is 12.8. The highest BCUT2D eigenvalue weighted by atomic mass is 16.5. The van der Waals surface area contributed by atoms with Crippen LogP contribution in [0.3, 0.4) is 0 Å². The standard InChI is InChI=1S/C27H36N2O3/c1-31-25-5-2-4-23-24(27(30)19-8-9-19)16-28(26(23)25)12-3-13-29-20-10-11-21(29)15-22(14-20)32-17-18-6-7-18/h2,4-5,16,18-22H,3,6-15,17H2,1H3. The van der Waals surface area contributed by atoms with E-state index in [2.05, 4.69) is 21.7 Å². The Kier molecular flexibility index (Phi) is 5.50. The predicted octanol–water partition coefficient (Wildman–Crippen LogP) is 5.05. The van der Waals surface area contributed by atoms with Crippen LogP contribution in [0.25, 0.3) is 10.9 Å². The van der Waals surface area contributed by atoms with Crippen LogP contribution in [0.5, 0.6) is 5.75 Å². The van der Waals surface area contributed by atoms with Gasteiger partial charge in [-0.3, -0.25) is 9.69 Å². The van der Waals surface area contributed by atoms with Gasteiger partial charge in [-0.1, -0.05) is 12.1 Å². The van der Waals surface area contributed by atoms with E-state index in [4.69, 9.17) is 9.47 Å². The van der Waals surface area contributed by atoms with E-state index in [1.807, 2.05) is 12.1 Å². The van der Waals surface area contributed by atoms with Crippen molar-refractivity contribution >= 4 is 16.7 Å². The lowest BCUT2D eigenvalue weighted by molar-refractivity contribution is -0.0241. The molecule has 4 aliphatic rings. The lowest BCUT2D eigenvalue weighted by Gasteiger charge is -2.39. The Morgan fingerprint density at radius 3 is 2.50 bits per heavy atom. The summed E-state index contributed by atoms with van der Waals surface area (Å²) in [6, 6.07) is 7.48. The summed E-state index contributed by atoms with van der Waals surface area (Å²) < 4.78 is 14.2. The summed E-state index contributed by atoms with van der Waals surface area (Å²) in [5, 5.41) is 1.05. The molecule has 2 unspecified atom stereocenters. The van der Waals surface area contributed by atoms with Crippen LogP contribution in [0.15, 0.2) is 24.4 Å². The number of ketones is 1. The molecule has 0 spiro atoms. The third kappa shape index (κ3) is 3.99. The number of nitrogens with zero attached hydrogens (tertiary/aromatic N) is 2. The molecule has 5 nitrogen and oxygen atoms in total. The Hall–Kier alpha value is -1.85. The average molecular weight is 437 g/mol. The third-order valence-corrected chi connectivity index (χ3v) is 8.22. The van der Waals surface area contributed by atoms with E-state index >= 15 is 0 Å². The lowest BCUT2D eigenvalue weighted by atomic mass is 9.99. The van der Waals surface area contributed by atoms with Crippen LogP contribution < -0.4 is 4.74 Å². The summed E-state index contributed by atoms with van der Waals surface area (Å²) in [7, 11) is 1.72. The normalized spacial score (nSPS) is 27.8. The van der Waals surface area contributed by atoms with Gasteiger partial charge in [0.15, 0.2) is 5.78 Å². The number of hydrogen-bond donors (Lipinski definition) is 0. The van der Waals surface area contributed by atoms with E-state index < -0.39 is 0 Å². The number of carbonyl (C=O) groups is 1. The molecule has 2 aromatic rings. The maximum Gasteiger partial charge on any atom is 0.168 e. The fourth-order valence-electron chi connectivity index (χ4n) is 6.13. The second kappa shape index (κ2) is 8.49. The lowest BCUT2D eigenvalue weighted by Crippen LogP contribution is -2.46. The quantitative estimate of drug-likeness (QED) is 0.489. The minimum absolute atomic E-state index is 0.235. The van der Waals surface area contributed by atoms with E-state index in [9.17, 15) is 4.79 Å². The highest BCUT2D eigenvalue weighted by molar-refractivity contribution is 6.11. The van der Waals surface area contributed by atoms with E-state index in [0.29, 0.717) is 24.0 Å². The van der Waals surface area contributed by atoms with Crippen LogP contribution in [-0.2, 0) is 11.3 Å². The van der Waals surface area contributed by atoms with Crippen LogP contribution in [0.4, 0.5) is 0 Å². The van der Waals surface area contributed by atoms with Crippen molar-refractivity contribution in [3.63, 3.8) is 0 Å². The predicted molar refractivity (Wildman–Crippen MR) is 125 cm³/mol. The summed E-state index contributed by atoms with van der Waals surface area (Å²) in [6.07, 6.45) is 13.6. The second-order valence-corrected chi connectivity index (χ2v) is 10.6. The average Bonchev–Trinajstić information content (AvgIpc) is 3.73. The van der Waals surface area contributed by atoms with Gasteiger partial charge >= 0.3 is 0 Å². The highest BCUT2D eigenvalue weighted by Crippen LogP contribution is 2.39. The zero-order valence-corrected chi connectivity index (χ0v) is 19.3. The summed E-state index contributed by atoms with van der Waals surface area (Å²) in [4.78, 5) is 15.7. The molecule has 0 N–H and O–H groups in total. The Balaban J connectivity index is 1.13. The smallest absolute Gasteiger partial charge is 0.168 e. The van der Waals surface area contributed by atoms with Crippen molar-refractivity contribution in [3.05, 3.63) is 30.0 Å². The highest BCUT2D eigenvalue weighted by Gasteiger charge is 2.41. The van der Waals surface area contributed by atoms with Crippen molar-refractivity contribution in [2.45, 2.75) is 82.5 Å². The van der Waals surface area contributed by atoms with Gasteiger partial charge in [-0.25, -0.2) is 0 Å². The summed E-state index contributed by atoms with van der Waals surface area (Å²) in [5.41, 5.74) is 1.96. The number of carbonyl (C=O) groups excluding carboxylic acids is 1. The minimum atomic E-state index is 0.235. The van der Waals surface area contributed by atoms with Gasteiger partial charge in [0, 0.05) is 54.8 Å². The summed E-state index contributed by atoms with van der Waals surface area (Å²) >= 11 is 0. The topological polar surface area (TPSA) is 43.7 Å². The van der Waals surface area contributed by atoms with E-state index in [1.165, 1.54) is 38.5 Å². The van der Waals surface area contributed by atoms with Gasteiger partial charge in [-0.2, -0.15) is 0 Å². The van der Waals surface area contributed by atoms with Crippen molar-refractivity contribution in [3.8, 4) is 5.75 Å². The number of rotatable bonds is 10. The zero-order valence-electron chi connectivity index (χ0n) is 19.3. The largest absolute Gasteiger partial charge is 0.495 e. The van der Waals surface area contributed by atoms with Crippen LogP contribution in [0.1, 0.15) is 68.1 Å². The molecular formula is C27H36N2O3. The van der Waals surface area contributed by atoms with Gasteiger partial charge in [0.05, 0.1) is 18.7 Å². The molecule has 2 atom stereocenters. The zero-order chi connectivity index (χ0) is 21.7. The molecule has 2 aliphatic carbocycles. The van der Waals surface area contributed by atoms with Crippen LogP contribution in [-0.4, -0.2) is 53.7 Å². The molecule has 0 radical (unpaired) electrons. The van der Waals surface area contributed by atoms with E-state index in [0.717, 1.165) is 67.1 Å². The number of para-hydroxylation sites is 1. The molecule has 2 saturated heterocycles. The Labute approximate surface area is 191 Å². The van der Waals surface area contributed by atoms with Crippen molar-refractivity contribution in [2.24, 2.45) is 11.8 Å². The van der Waals surface area contributed by atoms with Gasteiger partial charge in [0.2, 0.25) is 0 Å². The maximum absolute atomic E-state index is 12.9. The van der Waals surface area contributed by atoms with Gasteiger partial charge in [0.25, 0.3) is 0 Å². The molecule has 3 heterocycles. The first-order valence-electron chi connectivity index (χ1n) is 12.8. The number of benzene rings is 1. The number of methoxy groups -OCH3 is 1. The first kappa shape index (κ1) is 20.7. The number of fused-ring (bicyclic) bond motifs is 3. The van der Waals surface area contributed by atoms with Gasteiger partial charge in [0.1, 0.15) is 5.75 Å². The Bertz CT molecular complexity index is 976. The summed E-state index contributed by atoms with van der Waals surface area (Å²) in [5.74, 6) is 2.27. The molecule has 32 heavy (non-hydrogen) atoms. The monoisotopic (exact) mass is 436 g/mol. The fraction of sp³-hybridized carbons (Fsp3) is 0.667. The van der Waals surface area contributed by atoms with Gasteiger partial charge < -0.3 is 14.0 Å². The molecule has 5 heteroatoms. The number of Topliss-reactive ketones (excluding diaryl/α,β-unsaturated/α-hetero) is 1. The molecule has 2 saturated carbocycles. The molecule has 1 aromatic heterocycles. The number of aromatic nitrogens is 1. The van der Waals surface area contributed by atoms with Crippen LogP contribution in [0.2, 0.25) is 0 Å². The van der Waals surface area contributed by atoms with E-state index in [-0.39, 0.29) is 5.92 Å². The molecule has 2 aliphatic heterocycles. The maximum atomic E-state index is 12.9. The number of ether oxygens (including phenoxy) is 2. The second-order valence-electron chi connectivity index (χ2n) is 10.6. The van der Waals surface area contributed by atoms with Crippen LogP contribution >= 0.6 is 0 Å².